The number of anilines is 1. The maximum absolute atomic E-state index is 5.79. The zero-order valence-corrected chi connectivity index (χ0v) is 11.7. The van der Waals surface area contributed by atoms with Crippen LogP contribution in [0.4, 0.5) is 5.69 Å². The van der Waals surface area contributed by atoms with Crippen LogP contribution in [0, 0.1) is 12.8 Å². The van der Waals surface area contributed by atoms with Crippen LogP contribution in [0.15, 0.2) is 12.3 Å². The Hall–Kier alpha value is -1.13. The van der Waals surface area contributed by atoms with Gasteiger partial charge in [-0.3, -0.25) is 4.98 Å². The van der Waals surface area contributed by atoms with Crippen molar-refractivity contribution in [1.82, 2.24) is 9.88 Å². The average Bonchev–Trinajstić information content (AvgIpc) is 2.74. The van der Waals surface area contributed by atoms with Gasteiger partial charge in [0.25, 0.3) is 0 Å². The summed E-state index contributed by atoms with van der Waals surface area (Å²) in [4.78, 5) is 9.06. The highest BCUT2D eigenvalue weighted by atomic mass is 15.2. The lowest BCUT2D eigenvalue weighted by molar-refractivity contribution is 0.396. The van der Waals surface area contributed by atoms with Gasteiger partial charge < -0.3 is 15.5 Å². The van der Waals surface area contributed by atoms with Crippen LogP contribution in [0.5, 0.6) is 0 Å². The highest BCUT2D eigenvalue weighted by Gasteiger charge is 2.21. The molecule has 18 heavy (non-hydrogen) atoms. The number of hydrogen-bond donors (Lipinski definition) is 1. The average molecular weight is 248 g/mol. The molecule has 0 spiro atoms. The number of hydrogen-bond acceptors (Lipinski definition) is 4. The Morgan fingerprint density at radius 2 is 2.33 bits per heavy atom. The molecule has 1 atom stereocenters. The maximum Gasteiger partial charge on any atom is 0.0442 e. The van der Waals surface area contributed by atoms with Crippen LogP contribution >= 0.6 is 0 Å². The summed E-state index contributed by atoms with van der Waals surface area (Å²) in [5.74, 6) is 0.763. The quantitative estimate of drug-likeness (QED) is 0.870. The summed E-state index contributed by atoms with van der Waals surface area (Å²) in [6, 6.07) is 2.14. The summed E-state index contributed by atoms with van der Waals surface area (Å²) < 4.78 is 0. The molecule has 2 heterocycles. The second-order valence-corrected chi connectivity index (χ2v) is 5.46. The summed E-state index contributed by atoms with van der Waals surface area (Å²) in [6.07, 6.45) is 3.20. The van der Waals surface area contributed by atoms with Crippen molar-refractivity contribution in [2.24, 2.45) is 11.7 Å². The van der Waals surface area contributed by atoms with Gasteiger partial charge in [-0.25, -0.2) is 0 Å². The second kappa shape index (κ2) is 5.67. The van der Waals surface area contributed by atoms with E-state index in [1.807, 2.05) is 13.1 Å². The van der Waals surface area contributed by atoms with Gasteiger partial charge in [0, 0.05) is 49.8 Å². The molecule has 1 unspecified atom stereocenters. The molecule has 0 aromatic carbocycles. The smallest absolute Gasteiger partial charge is 0.0442 e. The zero-order valence-electron chi connectivity index (χ0n) is 11.7. The third-order valence-corrected chi connectivity index (χ3v) is 3.75. The summed E-state index contributed by atoms with van der Waals surface area (Å²) in [5.41, 5.74) is 9.22. The summed E-state index contributed by atoms with van der Waals surface area (Å²) in [5, 5.41) is 0. The number of nitrogens with two attached hydrogens (primary N) is 1. The highest BCUT2D eigenvalue weighted by Crippen LogP contribution is 2.23. The van der Waals surface area contributed by atoms with Crippen molar-refractivity contribution in [3.63, 3.8) is 0 Å². The first kappa shape index (κ1) is 13.3. The summed E-state index contributed by atoms with van der Waals surface area (Å²) >= 11 is 0. The van der Waals surface area contributed by atoms with Crippen molar-refractivity contribution < 1.29 is 0 Å². The molecule has 2 N–H and O–H groups in total. The number of likely N-dealkylation sites (tertiary alicyclic amines) is 1. The van der Waals surface area contributed by atoms with E-state index in [0.717, 1.165) is 23.7 Å². The minimum atomic E-state index is 0.553. The SMILES string of the molecule is Cc1cc(N(C)CC2CCN(C)C2)c(CN)cn1. The van der Waals surface area contributed by atoms with E-state index in [-0.39, 0.29) is 0 Å². The predicted molar refractivity (Wildman–Crippen MR) is 75.7 cm³/mol. The molecule has 0 saturated carbocycles. The lowest BCUT2D eigenvalue weighted by atomic mass is 10.1. The number of aryl methyl sites for hydroxylation is 1. The zero-order chi connectivity index (χ0) is 13.1. The van der Waals surface area contributed by atoms with E-state index in [0.29, 0.717) is 6.54 Å². The Balaban J connectivity index is 2.08. The standard InChI is InChI=1S/C14H24N4/c1-11-6-14(13(7-15)8-16-11)18(3)10-12-4-5-17(2)9-12/h6,8,12H,4-5,7,9-10,15H2,1-3H3. The van der Waals surface area contributed by atoms with Crippen LogP contribution in [-0.2, 0) is 6.54 Å². The minimum Gasteiger partial charge on any atom is -0.374 e. The Labute approximate surface area is 110 Å². The van der Waals surface area contributed by atoms with E-state index in [4.69, 9.17) is 5.73 Å². The van der Waals surface area contributed by atoms with Gasteiger partial charge in [0.2, 0.25) is 0 Å². The van der Waals surface area contributed by atoms with Crippen LogP contribution in [0.1, 0.15) is 17.7 Å². The van der Waals surface area contributed by atoms with Crippen LogP contribution in [0.2, 0.25) is 0 Å². The molecular formula is C14H24N4. The van der Waals surface area contributed by atoms with E-state index in [2.05, 4.69) is 34.9 Å². The highest BCUT2D eigenvalue weighted by molar-refractivity contribution is 5.53. The molecule has 100 valence electrons. The van der Waals surface area contributed by atoms with Crippen LogP contribution in [0.25, 0.3) is 0 Å². The molecule has 4 nitrogen and oxygen atoms in total. The van der Waals surface area contributed by atoms with Gasteiger partial charge >= 0.3 is 0 Å². The molecule has 1 fully saturated rings. The molecule has 1 aromatic rings. The van der Waals surface area contributed by atoms with Crippen molar-refractivity contribution >= 4 is 5.69 Å². The van der Waals surface area contributed by atoms with Gasteiger partial charge in [0.15, 0.2) is 0 Å². The number of rotatable bonds is 4. The molecular weight excluding hydrogens is 224 g/mol. The molecule has 1 aliphatic heterocycles. The van der Waals surface area contributed by atoms with Gasteiger partial charge in [-0.15, -0.1) is 0 Å². The van der Waals surface area contributed by atoms with E-state index in [9.17, 15) is 0 Å². The van der Waals surface area contributed by atoms with E-state index in [1.54, 1.807) is 0 Å². The molecule has 1 aliphatic rings. The normalized spacial score (nSPS) is 20.3. The van der Waals surface area contributed by atoms with Crippen molar-refractivity contribution in [3.8, 4) is 0 Å². The molecule has 4 heteroatoms. The van der Waals surface area contributed by atoms with Crippen molar-refractivity contribution in [2.75, 3.05) is 38.6 Å². The van der Waals surface area contributed by atoms with Gasteiger partial charge in [-0.1, -0.05) is 0 Å². The fraction of sp³-hybridized carbons (Fsp3) is 0.643. The van der Waals surface area contributed by atoms with Gasteiger partial charge in [0.05, 0.1) is 0 Å². The molecule has 0 bridgehead atoms. The third-order valence-electron chi connectivity index (χ3n) is 3.75. The summed E-state index contributed by atoms with van der Waals surface area (Å²) in [6.45, 7) is 6.10. The lowest BCUT2D eigenvalue weighted by Gasteiger charge is -2.25. The van der Waals surface area contributed by atoms with Crippen LogP contribution in [-0.4, -0.2) is 43.6 Å². The Kier molecular flexibility index (Phi) is 4.19. The Morgan fingerprint density at radius 1 is 1.56 bits per heavy atom. The van der Waals surface area contributed by atoms with E-state index in [1.165, 1.54) is 25.2 Å². The van der Waals surface area contributed by atoms with Gasteiger partial charge in [-0.05, 0) is 38.9 Å². The van der Waals surface area contributed by atoms with E-state index < -0.39 is 0 Å². The van der Waals surface area contributed by atoms with Gasteiger partial charge in [0.1, 0.15) is 0 Å². The molecule has 1 aromatic heterocycles. The summed E-state index contributed by atoms with van der Waals surface area (Å²) in [7, 11) is 4.36. The first-order valence-corrected chi connectivity index (χ1v) is 6.65. The molecule has 0 amide bonds. The fourth-order valence-electron chi connectivity index (χ4n) is 2.75. The third kappa shape index (κ3) is 3.00. The van der Waals surface area contributed by atoms with Crippen molar-refractivity contribution in [1.29, 1.82) is 0 Å². The van der Waals surface area contributed by atoms with Crippen LogP contribution < -0.4 is 10.6 Å². The fourth-order valence-corrected chi connectivity index (χ4v) is 2.75. The van der Waals surface area contributed by atoms with Crippen molar-refractivity contribution in [2.45, 2.75) is 19.9 Å². The largest absolute Gasteiger partial charge is 0.374 e. The van der Waals surface area contributed by atoms with Gasteiger partial charge in [-0.2, -0.15) is 0 Å². The minimum absolute atomic E-state index is 0.553. The number of nitrogens with zero attached hydrogens (tertiary/aromatic N) is 3. The topological polar surface area (TPSA) is 45.4 Å². The maximum atomic E-state index is 5.79. The molecule has 2 rings (SSSR count). The Bertz CT molecular complexity index is 405. The Morgan fingerprint density at radius 3 is 2.94 bits per heavy atom. The van der Waals surface area contributed by atoms with E-state index >= 15 is 0 Å². The van der Waals surface area contributed by atoms with Crippen LogP contribution in [0.3, 0.4) is 0 Å². The monoisotopic (exact) mass is 248 g/mol. The predicted octanol–water partition coefficient (Wildman–Crippen LogP) is 1.24. The molecule has 1 saturated heterocycles. The first-order valence-electron chi connectivity index (χ1n) is 6.65. The van der Waals surface area contributed by atoms with Crippen molar-refractivity contribution in [3.05, 3.63) is 23.5 Å². The first-order chi connectivity index (χ1) is 8.60. The number of pyridine rings is 1. The number of aromatic nitrogens is 1. The molecule has 0 aliphatic carbocycles. The molecule has 0 radical (unpaired) electrons. The lowest BCUT2D eigenvalue weighted by Crippen LogP contribution is -2.28. The second-order valence-electron chi connectivity index (χ2n) is 5.46.